The first-order valence-corrected chi connectivity index (χ1v) is 11.6. The molecular formula is C24H19N3O6S. The number of nitro benzene ring substituents is 1. The van der Waals surface area contributed by atoms with Crippen molar-refractivity contribution in [3.8, 4) is 11.5 Å². The normalized spacial score (nSPS) is 11.2. The molecule has 1 aromatic heterocycles. The zero-order chi connectivity index (χ0) is 24.3. The summed E-state index contributed by atoms with van der Waals surface area (Å²) in [6.07, 6.45) is -0.00892. The summed E-state index contributed by atoms with van der Waals surface area (Å²) in [4.78, 5) is 27.0. The van der Waals surface area contributed by atoms with Crippen LogP contribution in [0.1, 0.15) is 11.5 Å². The Morgan fingerprint density at radius 2 is 1.56 bits per heavy atom. The van der Waals surface area contributed by atoms with Crippen molar-refractivity contribution in [1.29, 1.82) is 0 Å². The van der Waals surface area contributed by atoms with E-state index >= 15 is 0 Å². The molecule has 0 aliphatic carbocycles. The molecule has 0 spiro atoms. The SMILES string of the molecule is Cc1oc(-c2ccccc2)nc1CC(=O)Nc1ccc(S(=O)(=O)c2ccc([N+](=O)[O-])cc2)cc1. The molecule has 172 valence electrons. The van der Waals surface area contributed by atoms with Gasteiger partial charge < -0.3 is 9.73 Å². The fraction of sp³-hybridized carbons (Fsp3) is 0.0833. The topological polar surface area (TPSA) is 132 Å². The number of benzene rings is 3. The minimum atomic E-state index is -3.86. The highest BCUT2D eigenvalue weighted by molar-refractivity contribution is 7.91. The molecule has 4 rings (SSSR count). The lowest BCUT2D eigenvalue weighted by Gasteiger charge is -2.07. The summed E-state index contributed by atoms with van der Waals surface area (Å²) < 4.78 is 31.2. The molecule has 0 aliphatic heterocycles. The molecule has 1 amide bonds. The number of aryl methyl sites for hydroxylation is 1. The van der Waals surface area contributed by atoms with Crippen LogP contribution in [0.25, 0.3) is 11.5 Å². The number of nitro groups is 1. The fourth-order valence-corrected chi connectivity index (χ4v) is 4.51. The zero-order valence-electron chi connectivity index (χ0n) is 18.0. The van der Waals surface area contributed by atoms with E-state index in [4.69, 9.17) is 4.42 Å². The molecule has 0 atom stereocenters. The van der Waals surface area contributed by atoms with Crippen LogP contribution >= 0.6 is 0 Å². The van der Waals surface area contributed by atoms with E-state index in [9.17, 15) is 23.3 Å². The predicted molar refractivity (Wildman–Crippen MR) is 124 cm³/mol. The van der Waals surface area contributed by atoms with E-state index in [1.807, 2.05) is 30.3 Å². The molecule has 0 fully saturated rings. The number of sulfone groups is 1. The third-order valence-corrected chi connectivity index (χ3v) is 6.83. The fourth-order valence-electron chi connectivity index (χ4n) is 3.25. The van der Waals surface area contributed by atoms with Crippen molar-refractivity contribution in [3.05, 3.63) is 100 Å². The first-order valence-electron chi connectivity index (χ1n) is 10.2. The molecule has 9 nitrogen and oxygen atoms in total. The second-order valence-corrected chi connectivity index (χ2v) is 9.34. The van der Waals surface area contributed by atoms with Gasteiger partial charge in [0.1, 0.15) is 5.76 Å². The predicted octanol–water partition coefficient (Wildman–Crippen LogP) is 4.57. The lowest BCUT2D eigenvalue weighted by molar-refractivity contribution is -0.384. The standard InChI is InChI=1S/C24H19N3O6S/c1-16-22(26-24(33-16)17-5-3-2-4-6-17)15-23(28)25-18-7-11-20(12-8-18)34(31,32)21-13-9-19(10-14-21)27(29)30/h2-14H,15H2,1H3,(H,25,28). The molecule has 0 saturated carbocycles. The first kappa shape index (κ1) is 22.9. The van der Waals surface area contributed by atoms with Crippen molar-refractivity contribution in [2.45, 2.75) is 23.1 Å². The zero-order valence-corrected chi connectivity index (χ0v) is 18.8. The molecule has 34 heavy (non-hydrogen) atoms. The number of amides is 1. The van der Waals surface area contributed by atoms with Gasteiger partial charge in [0.25, 0.3) is 5.69 Å². The Morgan fingerprint density at radius 3 is 2.15 bits per heavy atom. The van der Waals surface area contributed by atoms with E-state index in [0.29, 0.717) is 23.0 Å². The summed E-state index contributed by atoms with van der Waals surface area (Å²) in [5, 5.41) is 13.5. The van der Waals surface area contributed by atoms with Gasteiger partial charge in [-0.15, -0.1) is 0 Å². The highest BCUT2D eigenvalue weighted by Crippen LogP contribution is 2.25. The molecule has 3 aromatic carbocycles. The Hall–Kier alpha value is -4.31. The number of anilines is 1. The van der Waals surface area contributed by atoms with E-state index in [2.05, 4.69) is 10.3 Å². The number of aromatic nitrogens is 1. The number of oxazole rings is 1. The average Bonchev–Trinajstić information content (AvgIpc) is 3.20. The summed E-state index contributed by atoms with van der Waals surface area (Å²) in [7, 11) is -3.86. The second-order valence-electron chi connectivity index (χ2n) is 7.39. The molecule has 0 radical (unpaired) electrons. The summed E-state index contributed by atoms with van der Waals surface area (Å²) in [6.45, 7) is 1.74. The van der Waals surface area contributed by atoms with Crippen molar-refractivity contribution in [1.82, 2.24) is 4.98 Å². The van der Waals surface area contributed by atoms with Crippen molar-refractivity contribution < 1.29 is 22.6 Å². The highest BCUT2D eigenvalue weighted by Gasteiger charge is 2.19. The monoisotopic (exact) mass is 477 g/mol. The lowest BCUT2D eigenvalue weighted by atomic mass is 10.2. The second kappa shape index (κ2) is 9.28. The third kappa shape index (κ3) is 4.86. The van der Waals surface area contributed by atoms with Gasteiger partial charge in [0.15, 0.2) is 0 Å². The Labute approximate surface area is 195 Å². The van der Waals surface area contributed by atoms with Crippen molar-refractivity contribution >= 4 is 27.1 Å². The van der Waals surface area contributed by atoms with Crippen molar-refractivity contribution in [2.75, 3.05) is 5.32 Å². The molecular weight excluding hydrogens is 458 g/mol. The Bertz CT molecular complexity index is 1450. The van der Waals surface area contributed by atoms with Gasteiger partial charge in [-0.3, -0.25) is 14.9 Å². The quantitative estimate of drug-likeness (QED) is 0.304. The number of rotatable bonds is 7. The van der Waals surface area contributed by atoms with Crippen LogP contribution in [-0.2, 0) is 21.1 Å². The van der Waals surface area contributed by atoms with Gasteiger partial charge in [0.05, 0.1) is 26.8 Å². The number of nitrogens with zero attached hydrogens (tertiary/aromatic N) is 2. The molecule has 1 heterocycles. The molecule has 0 saturated heterocycles. The average molecular weight is 477 g/mol. The maximum absolute atomic E-state index is 12.8. The molecule has 0 unspecified atom stereocenters. The van der Waals surface area contributed by atoms with E-state index in [1.165, 1.54) is 36.4 Å². The van der Waals surface area contributed by atoms with Crippen LogP contribution in [0, 0.1) is 17.0 Å². The number of hydrogen-bond acceptors (Lipinski definition) is 7. The summed E-state index contributed by atoms with van der Waals surface area (Å²) in [5.41, 5.74) is 1.53. The third-order valence-electron chi connectivity index (χ3n) is 5.05. The van der Waals surface area contributed by atoms with Crippen LogP contribution in [0.5, 0.6) is 0 Å². The molecule has 1 N–H and O–H groups in total. The highest BCUT2D eigenvalue weighted by atomic mass is 32.2. The molecule has 0 bridgehead atoms. The van der Waals surface area contributed by atoms with Gasteiger partial charge in [-0.05, 0) is 55.5 Å². The van der Waals surface area contributed by atoms with Gasteiger partial charge in [-0.25, -0.2) is 13.4 Å². The Morgan fingerprint density at radius 1 is 0.971 bits per heavy atom. The maximum atomic E-state index is 12.8. The van der Waals surface area contributed by atoms with Crippen LogP contribution in [0.4, 0.5) is 11.4 Å². The van der Waals surface area contributed by atoms with Crippen molar-refractivity contribution in [2.24, 2.45) is 0 Å². The van der Waals surface area contributed by atoms with Crippen LogP contribution in [0.3, 0.4) is 0 Å². The van der Waals surface area contributed by atoms with Gasteiger partial charge in [-0.1, -0.05) is 18.2 Å². The van der Waals surface area contributed by atoms with E-state index < -0.39 is 14.8 Å². The number of carbonyl (C=O) groups is 1. The van der Waals surface area contributed by atoms with E-state index in [-0.39, 0.29) is 27.8 Å². The van der Waals surface area contributed by atoms with Crippen molar-refractivity contribution in [3.63, 3.8) is 0 Å². The molecule has 4 aromatic rings. The van der Waals surface area contributed by atoms with E-state index in [0.717, 1.165) is 17.7 Å². The van der Waals surface area contributed by atoms with E-state index in [1.54, 1.807) is 6.92 Å². The number of non-ortho nitro benzene ring substituents is 1. The lowest BCUT2D eigenvalue weighted by Crippen LogP contribution is -2.15. The Balaban J connectivity index is 1.44. The largest absolute Gasteiger partial charge is 0.441 e. The Kier molecular flexibility index (Phi) is 6.24. The summed E-state index contributed by atoms with van der Waals surface area (Å²) >= 11 is 0. The number of nitrogens with one attached hydrogen (secondary N) is 1. The van der Waals surface area contributed by atoms with Gasteiger partial charge in [0, 0.05) is 23.4 Å². The first-order chi connectivity index (χ1) is 16.2. The van der Waals surface area contributed by atoms with Crippen LogP contribution in [-0.4, -0.2) is 24.2 Å². The minimum absolute atomic E-state index is 0.000740. The van der Waals surface area contributed by atoms with Crippen LogP contribution < -0.4 is 5.32 Å². The van der Waals surface area contributed by atoms with Crippen LogP contribution in [0.2, 0.25) is 0 Å². The number of carbonyl (C=O) groups excluding carboxylic acids is 1. The molecule has 0 aliphatic rings. The minimum Gasteiger partial charge on any atom is -0.441 e. The molecule has 10 heteroatoms. The van der Waals surface area contributed by atoms with Crippen LogP contribution in [0.15, 0.2) is 93.1 Å². The van der Waals surface area contributed by atoms with Gasteiger partial charge in [-0.2, -0.15) is 0 Å². The summed E-state index contributed by atoms with van der Waals surface area (Å²) in [6, 6.07) is 19.7. The summed E-state index contributed by atoms with van der Waals surface area (Å²) in [5.74, 6) is 0.641. The number of hydrogen-bond donors (Lipinski definition) is 1. The maximum Gasteiger partial charge on any atom is 0.269 e. The van der Waals surface area contributed by atoms with Gasteiger partial charge >= 0.3 is 0 Å². The smallest absolute Gasteiger partial charge is 0.269 e. The van der Waals surface area contributed by atoms with Gasteiger partial charge in [0.2, 0.25) is 21.6 Å².